The van der Waals surface area contributed by atoms with Crippen LogP contribution in [0, 0.1) is 5.92 Å². The molecule has 6 nitrogen and oxygen atoms in total. The molecule has 0 spiro atoms. The highest BCUT2D eigenvalue weighted by molar-refractivity contribution is 7.98. The Morgan fingerprint density at radius 2 is 2.29 bits per heavy atom. The van der Waals surface area contributed by atoms with Crippen molar-refractivity contribution in [2.24, 2.45) is 11.7 Å². The Labute approximate surface area is 128 Å². The van der Waals surface area contributed by atoms with Crippen molar-refractivity contribution in [3.05, 3.63) is 17.8 Å². The topological polar surface area (TPSA) is 93.6 Å². The smallest absolute Gasteiger partial charge is 0.276 e. The number of thioether (sulfide) groups is 1. The van der Waals surface area contributed by atoms with E-state index in [1.807, 2.05) is 11.8 Å². The summed E-state index contributed by atoms with van der Waals surface area (Å²) in [7, 11) is 0. The summed E-state index contributed by atoms with van der Waals surface area (Å²) in [6, 6.07) is 0. The van der Waals surface area contributed by atoms with E-state index in [1.54, 1.807) is 6.20 Å². The van der Waals surface area contributed by atoms with Crippen molar-refractivity contribution < 1.29 is 4.52 Å². The molecular formula is C14H21N5OS. The maximum absolute atomic E-state index is 6.25. The Hall–Kier alpha value is -1.34. The molecule has 1 aliphatic rings. The first-order valence-electron chi connectivity index (χ1n) is 7.32. The zero-order valence-electron chi connectivity index (χ0n) is 12.4. The zero-order chi connectivity index (χ0) is 14.9. The van der Waals surface area contributed by atoms with Gasteiger partial charge in [0, 0.05) is 0 Å². The van der Waals surface area contributed by atoms with Gasteiger partial charge in [0.1, 0.15) is 11.5 Å². The molecule has 0 aromatic carbocycles. The van der Waals surface area contributed by atoms with Crippen molar-refractivity contribution in [1.29, 1.82) is 0 Å². The van der Waals surface area contributed by atoms with Crippen LogP contribution in [0.25, 0.3) is 11.6 Å². The Morgan fingerprint density at radius 3 is 2.95 bits per heavy atom. The van der Waals surface area contributed by atoms with Crippen molar-refractivity contribution in [1.82, 2.24) is 20.1 Å². The average Bonchev–Trinajstić information content (AvgIpc) is 3.03. The van der Waals surface area contributed by atoms with E-state index in [4.69, 9.17) is 10.3 Å². The maximum atomic E-state index is 6.25. The lowest BCUT2D eigenvalue weighted by Gasteiger charge is -2.35. The summed E-state index contributed by atoms with van der Waals surface area (Å²) < 4.78 is 5.30. The van der Waals surface area contributed by atoms with Crippen molar-refractivity contribution in [2.75, 3.05) is 5.75 Å². The van der Waals surface area contributed by atoms with Gasteiger partial charge in [-0.15, -0.1) is 0 Å². The molecule has 1 aliphatic carbocycles. The number of nitrogens with zero attached hydrogens (tertiary/aromatic N) is 3. The van der Waals surface area contributed by atoms with Crippen LogP contribution in [-0.2, 0) is 11.3 Å². The molecule has 21 heavy (non-hydrogen) atoms. The highest BCUT2D eigenvalue weighted by Crippen LogP contribution is 2.37. The van der Waals surface area contributed by atoms with E-state index >= 15 is 0 Å². The van der Waals surface area contributed by atoms with E-state index in [0.717, 1.165) is 48.1 Å². The van der Waals surface area contributed by atoms with E-state index in [2.05, 4.69) is 34.0 Å². The van der Waals surface area contributed by atoms with Crippen LogP contribution in [0.4, 0.5) is 0 Å². The third kappa shape index (κ3) is 3.13. The Morgan fingerprint density at radius 1 is 1.48 bits per heavy atom. The van der Waals surface area contributed by atoms with Gasteiger partial charge < -0.3 is 15.2 Å². The van der Waals surface area contributed by atoms with Crippen molar-refractivity contribution >= 4 is 11.8 Å². The molecule has 0 aliphatic heterocycles. The second-order valence-electron chi connectivity index (χ2n) is 6.08. The van der Waals surface area contributed by atoms with Crippen LogP contribution in [0.3, 0.4) is 0 Å². The normalized spacial score (nSPS) is 17.1. The molecule has 2 heterocycles. The van der Waals surface area contributed by atoms with Gasteiger partial charge in [-0.2, -0.15) is 16.7 Å². The van der Waals surface area contributed by atoms with Crippen molar-refractivity contribution in [3.8, 4) is 11.6 Å². The number of hydrogen-bond acceptors (Lipinski definition) is 6. The molecule has 2 aromatic rings. The maximum Gasteiger partial charge on any atom is 0.276 e. The van der Waals surface area contributed by atoms with Gasteiger partial charge in [-0.05, 0) is 30.9 Å². The molecule has 1 saturated carbocycles. The monoisotopic (exact) mass is 307 g/mol. The minimum absolute atomic E-state index is 0.297. The van der Waals surface area contributed by atoms with E-state index < -0.39 is 0 Å². The Balaban J connectivity index is 1.66. The van der Waals surface area contributed by atoms with Gasteiger partial charge in [-0.1, -0.05) is 19.0 Å². The molecule has 7 heteroatoms. The fourth-order valence-corrected chi connectivity index (χ4v) is 3.17. The number of aromatic amines is 1. The molecule has 0 radical (unpaired) electrons. The predicted octanol–water partition coefficient (Wildman–Crippen LogP) is 2.69. The van der Waals surface area contributed by atoms with Crippen LogP contribution < -0.4 is 5.73 Å². The van der Waals surface area contributed by atoms with Crippen LogP contribution in [0.5, 0.6) is 0 Å². The molecule has 0 amide bonds. The van der Waals surface area contributed by atoms with Crippen molar-refractivity contribution in [2.45, 2.75) is 44.4 Å². The van der Waals surface area contributed by atoms with E-state index in [-0.39, 0.29) is 5.54 Å². The highest BCUT2D eigenvalue weighted by Gasteiger charge is 2.37. The van der Waals surface area contributed by atoms with Crippen LogP contribution in [0.2, 0.25) is 0 Å². The van der Waals surface area contributed by atoms with Crippen LogP contribution in [-0.4, -0.2) is 25.9 Å². The minimum atomic E-state index is -0.297. The number of nitrogens with one attached hydrogen (secondary N) is 1. The number of aromatic nitrogens is 4. The lowest BCUT2D eigenvalue weighted by Crippen LogP contribution is -2.44. The first-order valence-corrected chi connectivity index (χ1v) is 8.47. The summed E-state index contributed by atoms with van der Waals surface area (Å²) in [6.45, 7) is 4.40. The van der Waals surface area contributed by atoms with E-state index in [1.165, 1.54) is 0 Å². The standard InChI is InChI=1S/C14H21N5OS/c1-9(2)7-21-8-11-18-12(20-19-11)10-6-16-13(17-10)14(15)4-3-5-14/h6,9H,3-5,7-8,15H2,1-2H3,(H,16,17). The van der Waals surface area contributed by atoms with Crippen molar-refractivity contribution in [3.63, 3.8) is 0 Å². The summed E-state index contributed by atoms with van der Waals surface area (Å²) in [4.78, 5) is 12.0. The largest absolute Gasteiger partial charge is 0.336 e. The fourth-order valence-electron chi connectivity index (χ4n) is 2.29. The van der Waals surface area contributed by atoms with Gasteiger partial charge in [0.25, 0.3) is 5.89 Å². The average molecular weight is 307 g/mol. The van der Waals surface area contributed by atoms with Gasteiger partial charge in [0.2, 0.25) is 0 Å². The highest BCUT2D eigenvalue weighted by atomic mass is 32.2. The number of H-pyrrole nitrogens is 1. The van der Waals surface area contributed by atoms with Gasteiger partial charge in [0.05, 0.1) is 17.5 Å². The molecule has 114 valence electrons. The molecule has 1 fully saturated rings. The summed E-state index contributed by atoms with van der Waals surface area (Å²) in [5.74, 6) is 4.55. The van der Waals surface area contributed by atoms with Gasteiger partial charge in [0.15, 0.2) is 5.82 Å². The van der Waals surface area contributed by atoms with Crippen LogP contribution >= 0.6 is 11.8 Å². The molecule has 0 unspecified atom stereocenters. The van der Waals surface area contributed by atoms with Gasteiger partial charge in [-0.25, -0.2) is 4.98 Å². The molecule has 0 atom stereocenters. The first kappa shape index (κ1) is 14.6. The molecule has 0 bridgehead atoms. The first-order chi connectivity index (χ1) is 10.1. The molecule has 0 saturated heterocycles. The zero-order valence-corrected chi connectivity index (χ0v) is 13.2. The third-order valence-electron chi connectivity index (χ3n) is 3.67. The van der Waals surface area contributed by atoms with Crippen LogP contribution in [0.15, 0.2) is 10.7 Å². The Bertz CT molecular complexity index is 602. The molecule has 2 aromatic heterocycles. The summed E-state index contributed by atoms with van der Waals surface area (Å²) in [5, 5.41) is 4.01. The van der Waals surface area contributed by atoms with Gasteiger partial charge >= 0.3 is 0 Å². The number of imidazole rings is 1. The number of rotatable bonds is 6. The quantitative estimate of drug-likeness (QED) is 0.852. The third-order valence-corrected chi connectivity index (χ3v) is 5.04. The lowest BCUT2D eigenvalue weighted by atomic mass is 9.77. The van der Waals surface area contributed by atoms with E-state index in [0.29, 0.717) is 11.8 Å². The predicted molar refractivity (Wildman–Crippen MR) is 82.6 cm³/mol. The molecule has 3 N–H and O–H groups in total. The lowest BCUT2D eigenvalue weighted by molar-refractivity contribution is 0.240. The Kier molecular flexibility index (Phi) is 4.03. The second-order valence-corrected chi connectivity index (χ2v) is 7.11. The SMILES string of the molecule is CC(C)CSCc1noc(-c2cnc(C3(N)CCC3)[nH]2)n1. The number of hydrogen-bond donors (Lipinski definition) is 2. The fraction of sp³-hybridized carbons (Fsp3) is 0.643. The van der Waals surface area contributed by atoms with E-state index in [9.17, 15) is 0 Å². The summed E-state index contributed by atoms with van der Waals surface area (Å²) >= 11 is 1.81. The number of nitrogens with two attached hydrogens (primary N) is 1. The second kappa shape index (κ2) is 5.81. The summed E-state index contributed by atoms with van der Waals surface area (Å²) in [6.07, 6.45) is 4.83. The minimum Gasteiger partial charge on any atom is -0.336 e. The molecular weight excluding hydrogens is 286 g/mol. The molecule has 3 rings (SSSR count). The van der Waals surface area contributed by atoms with Crippen LogP contribution in [0.1, 0.15) is 44.8 Å². The summed E-state index contributed by atoms with van der Waals surface area (Å²) in [5.41, 5.74) is 6.70. The van der Waals surface area contributed by atoms with Gasteiger partial charge in [-0.3, -0.25) is 0 Å².